The Labute approximate surface area is 90.3 Å². The summed E-state index contributed by atoms with van der Waals surface area (Å²) in [5.41, 5.74) is 0.0260. The SMILES string of the molecule is CC(C)C1C2CCC1(CSO)C(O)C2. The Bertz CT molecular complexity index is 219. The zero-order valence-electron chi connectivity index (χ0n) is 8.94. The largest absolute Gasteiger partial charge is 0.392 e. The molecule has 0 aromatic rings. The number of fused-ring (bicyclic) bond motifs is 2. The fourth-order valence-electron chi connectivity index (χ4n) is 4.04. The molecular weight excluding hydrogens is 196 g/mol. The van der Waals surface area contributed by atoms with E-state index < -0.39 is 0 Å². The highest BCUT2D eigenvalue weighted by Crippen LogP contribution is 2.61. The molecule has 4 unspecified atom stereocenters. The third-order valence-electron chi connectivity index (χ3n) is 4.39. The molecule has 0 amide bonds. The van der Waals surface area contributed by atoms with Crippen LogP contribution in [0.2, 0.25) is 0 Å². The molecule has 2 rings (SSSR count). The van der Waals surface area contributed by atoms with E-state index in [0.717, 1.165) is 24.9 Å². The molecular formula is C11H20O2S. The van der Waals surface area contributed by atoms with Gasteiger partial charge < -0.3 is 9.66 Å². The van der Waals surface area contributed by atoms with Gasteiger partial charge in [0.25, 0.3) is 0 Å². The van der Waals surface area contributed by atoms with Gasteiger partial charge in [0.1, 0.15) is 0 Å². The summed E-state index contributed by atoms with van der Waals surface area (Å²) in [7, 11) is 0. The van der Waals surface area contributed by atoms with Gasteiger partial charge in [-0.3, -0.25) is 0 Å². The van der Waals surface area contributed by atoms with Gasteiger partial charge >= 0.3 is 0 Å². The summed E-state index contributed by atoms with van der Waals surface area (Å²) in [6, 6.07) is 0. The van der Waals surface area contributed by atoms with Gasteiger partial charge in [0.2, 0.25) is 0 Å². The topological polar surface area (TPSA) is 40.5 Å². The van der Waals surface area contributed by atoms with Crippen molar-refractivity contribution in [3.05, 3.63) is 0 Å². The van der Waals surface area contributed by atoms with Crippen LogP contribution in [-0.2, 0) is 0 Å². The molecule has 2 N–H and O–H groups in total. The smallest absolute Gasteiger partial charge is 0.0610 e. The third-order valence-corrected chi connectivity index (χ3v) is 5.06. The molecule has 0 radical (unpaired) electrons. The van der Waals surface area contributed by atoms with Gasteiger partial charge in [-0.1, -0.05) is 13.8 Å². The molecule has 2 bridgehead atoms. The Morgan fingerprint density at radius 2 is 2.21 bits per heavy atom. The van der Waals surface area contributed by atoms with E-state index in [1.54, 1.807) is 0 Å². The Balaban J connectivity index is 2.24. The molecule has 2 aliphatic rings. The van der Waals surface area contributed by atoms with Crippen LogP contribution in [0.3, 0.4) is 0 Å². The first-order valence-electron chi connectivity index (χ1n) is 5.56. The van der Waals surface area contributed by atoms with E-state index in [1.165, 1.54) is 6.42 Å². The van der Waals surface area contributed by atoms with Crippen LogP contribution in [0, 0.1) is 23.2 Å². The third kappa shape index (κ3) is 1.33. The molecule has 0 spiro atoms. The molecule has 0 aliphatic heterocycles. The Hall–Kier alpha value is 0.270. The van der Waals surface area contributed by atoms with Crippen molar-refractivity contribution in [1.29, 1.82) is 0 Å². The average molecular weight is 216 g/mol. The zero-order valence-corrected chi connectivity index (χ0v) is 9.76. The van der Waals surface area contributed by atoms with Gasteiger partial charge in [-0.15, -0.1) is 0 Å². The summed E-state index contributed by atoms with van der Waals surface area (Å²) < 4.78 is 9.06. The van der Waals surface area contributed by atoms with Crippen LogP contribution in [0.5, 0.6) is 0 Å². The summed E-state index contributed by atoms with van der Waals surface area (Å²) >= 11 is 0.914. The highest BCUT2D eigenvalue weighted by atomic mass is 32.2. The van der Waals surface area contributed by atoms with Crippen LogP contribution in [0.4, 0.5) is 0 Å². The van der Waals surface area contributed by atoms with Crippen LogP contribution in [0.1, 0.15) is 33.1 Å². The van der Waals surface area contributed by atoms with Gasteiger partial charge in [0.15, 0.2) is 0 Å². The maximum Gasteiger partial charge on any atom is 0.0610 e. The predicted octanol–water partition coefficient (Wildman–Crippen LogP) is 2.63. The number of hydrogen-bond donors (Lipinski definition) is 2. The van der Waals surface area contributed by atoms with Crippen molar-refractivity contribution in [2.45, 2.75) is 39.2 Å². The van der Waals surface area contributed by atoms with E-state index in [1.807, 2.05) is 0 Å². The molecule has 0 heterocycles. The molecule has 14 heavy (non-hydrogen) atoms. The van der Waals surface area contributed by atoms with Crippen LogP contribution >= 0.6 is 12.0 Å². The molecule has 2 nitrogen and oxygen atoms in total. The summed E-state index contributed by atoms with van der Waals surface area (Å²) in [6.45, 7) is 4.50. The summed E-state index contributed by atoms with van der Waals surface area (Å²) in [5, 5.41) is 10.1. The van der Waals surface area contributed by atoms with Crippen molar-refractivity contribution >= 4 is 12.0 Å². The normalized spacial score (nSPS) is 46.5. The lowest BCUT2D eigenvalue weighted by Gasteiger charge is -2.36. The molecule has 82 valence electrons. The van der Waals surface area contributed by atoms with Gasteiger partial charge in [0, 0.05) is 11.2 Å². The van der Waals surface area contributed by atoms with Crippen LogP contribution < -0.4 is 0 Å². The lowest BCUT2D eigenvalue weighted by Crippen LogP contribution is -2.38. The van der Waals surface area contributed by atoms with Gasteiger partial charge in [-0.2, -0.15) is 0 Å². The van der Waals surface area contributed by atoms with Crippen molar-refractivity contribution in [2.75, 3.05) is 5.75 Å². The highest BCUT2D eigenvalue weighted by Gasteiger charge is 2.59. The lowest BCUT2D eigenvalue weighted by molar-refractivity contribution is 0.0313. The van der Waals surface area contributed by atoms with Crippen LogP contribution in [0.25, 0.3) is 0 Å². The van der Waals surface area contributed by atoms with Crippen molar-refractivity contribution < 1.29 is 9.66 Å². The van der Waals surface area contributed by atoms with Crippen molar-refractivity contribution in [2.24, 2.45) is 23.2 Å². The summed E-state index contributed by atoms with van der Waals surface area (Å²) in [6.07, 6.45) is 3.15. The van der Waals surface area contributed by atoms with E-state index in [-0.39, 0.29) is 11.5 Å². The summed E-state index contributed by atoms with van der Waals surface area (Å²) in [4.78, 5) is 0. The minimum absolute atomic E-state index is 0.0260. The fraction of sp³-hybridized carbons (Fsp3) is 1.00. The monoisotopic (exact) mass is 216 g/mol. The van der Waals surface area contributed by atoms with Gasteiger partial charge in [-0.25, -0.2) is 0 Å². The van der Waals surface area contributed by atoms with Crippen LogP contribution in [-0.4, -0.2) is 21.5 Å². The molecule has 4 atom stereocenters. The van der Waals surface area contributed by atoms with Crippen molar-refractivity contribution in [3.8, 4) is 0 Å². The minimum Gasteiger partial charge on any atom is -0.392 e. The predicted molar refractivity (Wildman–Crippen MR) is 59.2 cm³/mol. The number of rotatable bonds is 3. The van der Waals surface area contributed by atoms with E-state index in [0.29, 0.717) is 23.5 Å². The lowest BCUT2D eigenvalue weighted by atomic mass is 9.74. The quantitative estimate of drug-likeness (QED) is 0.712. The maximum atomic E-state index is 10.1. The second-order valence-corrected chi connectivity index (χ2v) is 5.87. The Morgan fingerprint density at radius 1 is 1.50 bits per heavy atom. The molecule has 3 heteroatoms. The average Bonchev–Trinajstić information content (AvgIpc) is 2.56. The number of hydrogen-bond acceptors (Lipinski definition) is 3. The van der Waals surface area contributed by atoms with Crippen molar-refractivity contribution in [3.63, 3.8) is 0 Å². The number of aliphatic hydroxyl groups is 1. The molecule has 0 aromatic heterocycles. The van der Waals surface area contributed by atoms with E-state index in [9.17, 15) is 5.11 Å². The first-order valence-corrected chi connectivity index (χ1v) is 6.50. The molecule has 0 saturated heterocycles. The summed E-state index contributed by atoms with van der Waals surface area (Å²) in [5.74, 6) is 2.68. The Kier molecular flexibility index (Phi) is 2.84. The maximum absolute atomic E-state index is 10.1. The first-order chi connectivity index (χ1) is 6.62. The van der Waals surface area contributed by atoms with Crippen LogP contribution in [0.15, 0.2) is 0 Å². The first kappa shape index (κ1) is 10.8. The number of aliphatic hydroxyl groups excluding tert-OH is 1. The van der Waals surface area contributed by atoms with E-state index in [4.69, 9.17) is 4.55 Å². The zero-order chi connectivity index (χ0) is 10.3. The Morgan fingerprint density at radius 3 is 2.71 bits per heavy atom. The van der Waals surface area contributed by atoms with E-state index >= 15 is 0 Å². The van der Waals surface area contributed by atoms with Crippen molar-refractivity contribution in [1.82, 2.24) is 0 Å². The molecule has 0 aromatic carbocycles. The van der Waals surface area contributed by atoms with Gasteiger partial charge in [-0.05, 0) is 49.1 Å². The molecule has 2 aliphatic carbocycles. The molecule has 2 fully saturated rings. The standard InChI is InChI=1S/C11H20O2S/c1-7(2)10-8-3-4-11(10,6-14-13)9(12)5-8/h7-10,12-13H,3-6H2,1-2H3. The van der Waals surface area contributed by atoms with E-state index in [2.05, 4.69) is 13.8 Å². The fourth-order valence-corrected chi connectivity index (χ4v) is 4.81. The second-order valence-electron chi connectivity index (χ2n) is 5.33. The van der Waals surface area contributed by atoms with Gasteiger partial charge in [0.05, 0.1) is 6.10 Å². The highest BCUT2D eigenvalue weighted by molar-refractivity contribution is 7.93. The minimum atomic E-state index is -0.173. The molecule has 2 saturated carbocycles. The second kappa shape index (κ2) is 3.69.